The molecule has 1 amide bonds. The van der Waals surface area contributed by atoms with Gasteiger partial charge in [-0.15, -0.1) is 5.10 Å². The van der Waals surface area contributed by atoms with Gasteiger partial charge < -0.3 is 9.47 Å². The zero-order valence-electron chi connectivity index (χ0n) is 15.8. The third-order valence-electron chi connectivity index (χ3n) is 3.84. The van der Waals surface area contributed by atoms with Crippen LogP contribution in [-0.4, -0.2) is 34.8 Å². The first-order valence-corrected chi connectivity index (χ1v) is 9.15. The average molecular weight is 401 g/mol. The minimum Gasteiger partial charge on any atom is -0.493 e. The van der Waals surface area contributed by atoms with Crippen molar-refractivity contribution in [3.05, 3.63) is 53.1 Å². The molecule has 0 radical (unpaired) electrons. The number of benzene rings is 2. The van der Waals surface area contributed by atoms with Crippen LogP contribution in [0.25, 0.3) is 11.4 Å². The van der Waals surface area contributed by atoms with Crippen molar-refractivity contribution in [2.24, 2.45) is 5.92 Å². The number of carbonyl (C=O) groups is 1. The molecule has 8 heteroatoms. The Bertz CT molecular complexity index is 972. The molecule has 0 saturated heterocycles. The number of hydrogen-bond acceptors (Lipinski definition) is 5. The fraction of sp³-hybridized carbons (Fsp3) is 0.250. The van der Waals surface area contributed by atoms with E-state index in [9.17, 15) is 4.79 Å². The number of H-pyrrole nitrogens is 1. The zero-order chi connectivity index (χ0) is 20.1. The normalized spacial score (nSPS) is 10.8. The van der Waals surface area contributed by atoms with Crippen molar-refractivity contribution in [3.8, 4) is 22.9 Å². The Kier molecular flexibility index (Phi) is 6.16. The molecule has 146 valence electrons. The van der Waals surface area contributed by atoms with E-state index < -0.39 is 0 Å². The number of nitrogens with zero attached hydrogens (tertiary/aromatic N) is 2. The number of anilines is 1. The number of halogens is 1. The molecule has 0 atom stereocenters. The Morgan fingerprint density at radius 1 is 1.21 bits per heavy atom. The summed E-state index contributed by atoms with van der Waals surface area (Å²) in [4.78, 5) is 16.8. The second-order valence-corrected chi connectivity index (χ2v) is 6.92. The van der Waals surface area contributed by atoms with Crippen molar-refractivity contribution in [2.75, 3.05) is 19.0 Å². The predicted octanol–water partition coefficient (Wildman–Crippen LogP) is 4.42. The summed E-state index contributed by atoms with van der Waals surface area (Å²) in [5.74, 6) is 1.71. The maximum Gasteiger partial charge on any atom is 0.258 e. The first-order chi connectivity index (χ1) is 13.5. The summed E-state index contributed by atoms with van der Waals surface area (Å²) in [5.41, 5.74) is 1.10. The van der Waals surface area contributed by atoms with E-state index in [4.69, 9.17) is 21.1 Å². The van der Waals surface area contributed by atoms with E-state index in [1.54, 1.807) is 24.3 Å². The number of methoxy groups -OCH3 is 1. The quantitative estimate of drug-likeness (QED) is 0.612. The lowest BCUT2D eigenvalue weighted by atomic mass is 10.2. The van der Waals surface area contributed by atoms with Crippen LogP contribution in [0.2, 0.25) is 5.02 Å². The van der Waals surface area contributed by atoms with Crippen LogP contribution in [0, 0.1) is 5.92 Å². The number of hydrogen-bond donors (Lipinski definition) is 2. The van der Waals surface area contributed by atoms with Gasteiger partial charge in [-0.2, -0.15) is 4.98 Å². The smallest absolute Gasteiger partial charge is 0.258 e. The van der Waals surface area contributed by atoms with Crippen molar-refractivity contribution in [2.45, 2.75) is 13.8 Å². The lowest BCUT2D eigenvalue weighted by molar-refractivity contribution is 0.102. The number of aromatic nitrogens is 3. The molecule has 0 spiro atoms. The molecule has 2 aromatic carbocycles. The van der Waals surface area contributed by atoms with Crippen LogP contribution >= 0.6 is 11.6 Å². The number of nitrogens with one attached hydrogen (secondary N) is 2. The van der Waals surface area contributed by atoms with E-state index in [1.807, 2.05) is 18.2 Å². The standard InChI is InChI=1S/C20H21ClN4O3/c1-12(2)11-28-16-9-8-13(10-17(16)27-3)19(26)23-20-22-18(24-25-20)14-6-4-5-7-15(14)21/h4-10,12H,11H2,1-3H3,(H2,22,23,24,25,26). The summed E-state index contributed by atoms with van der Waals surface area (Å²) in [6.45, 7) is 4.67. The van der Waals surface area contributed by atoms with Gasteiger partial charge in [0.1, 0.15) is 0 Å². The molecular weight excluding hydrogens is 380 g/mol. The van der Waals surface area contributed by atoms with Crippen LogP contribution in [-0.2, 0) is 0 Å². The Hall–Kier alpha value is -3.06. The van der Waals surface area contributed by atoms with Crippen LogP contribution < -0.4 is 14.8 Å². The molecule has 0 unspecified atom stereocenters. The monoisotopic (exact) mass is 400 g/mol. The molecule has 0 saturated carbocycles. The van der Waals surface area contributed by atoms with Crippen LogP contribution in [0.3, 0.4) is 0 Å². The molecule has 0 fully saturated rings. The first kappa shape index (κ1) is 19.7. The van der Waals surface area contributed by atoms with E-state index in [0.717, 1.165) is 0 Å². The lowest BCUT2D eigenvalue weighted by Gasteiger charge is -2.13. The van der Waals surface area contributed by atoms with E-state index in [2.05, 4.69) is 34.3 Å². The van der Waals surface area contributed by atoms with Crippen molar-refractivity contribution < 1.29 is 14.3 Å². The maximum absolute atomic E-state index is 12.5. The van der Waals surface area contributed by atoms with Crippen molar-refractivity contribution >= 4 is 23.5 Å². The first-order valence-electron chi connectivity index (χ1n) is 8.77. The van der Waals surface area contributed by atoms with Gasteiger partial charge in [-0.05, 0) is 36.2 Å². The second-order valence-electron chi connectivity index (χ2n) is 6.51. The van der Waals surface area contributed by atoms with Crippen molar-refractivity contribution in [3.63, 3.8) is 0 Å². The van der Waals surface area contributed by atoms with Gasteiger partial charge in [0.2, 0.25) is 5.95 Å². The number of rotatable bonds is 7. The van der Waals surface area contributed by atoms with E-state index in [1.165, 1.54) is 7.11 Å². The molecule has 0 aliphatic heterocycles. The Balaban J connectivity index is 1.74. The molecule has 1 aromatic heterocycles. The zero-order valence-corrected chi connectivity index (χ0v) is 16.6. The number of amides is 1. The SMILES string of the molecule is COc1cc(C(=O)Nc2n[nH]c(-c3ccccc3Cl)n2)ccc1OCC(C)C. The number of carbonyl (C=O) groups excluding carboxylic acids is 1. The van der Waals surface area contributed by atoms with Gasteiger partial charge in [0.25, 0.3) is 5.91 Å². The van der Waals surface area contributed by atoms with Crippen molar-refractivity contribution in [1.29, 1.82) is 0 Å². The summed E-state index contributed by atoms with van der Waals surface area (Å²) in [6, 6.07) is 12.2. The highest BCUT2D eigenvalue weighted by Crippen LogP contribution is 2.29. The predicted molar refractivity (Wildman–Crippen MR) is 108 cm³/mol. The molecule has 0 aliphatic carbocycles. The number of aromatic amines is 1. The highest BCUT2D eigenvalue weighted by Gasteiger charge is 2.15. The molecule has 7 nitrogen and oxygen atoms in total. The molecule has 1 heterocycles. The highest BCUT2D eigenvalue weighted by atomic mass is 35.5. The largest absolute Gasteiger partial charge is 0.493 e. The van der Waals surface area contributed by atoms with Gasteiger partial charge in [-0.25, -0.2) is 0 Å². The summed E-state index contributed by atoms with van der Waals surface area (Å²) < 4.78 is 11.0. The van der Waals surface area contributed by atoms with Gasteiger partial charge in [0.15, 0.2) is 17.3 Å². The Morgan fingerprint density at radius 3 is 2.71 bits per heavy atom. The van der Waals surface area contributed by atoms with Gasteiger partial charge in [-0.3, -0.25) is 15.2 Å². The third-order valence-corrected chi connectivity index (χ3v) is 4.17. The Morgan fingerprint density at radius 2 is 2.00 bits per heavy atom. The Labute approximate surface area is 168 Å². The van der Waals surface area contributed by atoms with Gasteiger partial charge in [-0.1, -0.05) is 37.6 Å². The summed E-state index contributed by atoms with van der Waals surface area (Å²) >= 11 is 6.16. The summed E-state index contributed by atoms with van der Waals surface area (Å²) in [5, 5.41) is 10.00. The second kappa shape index (κ2) is 8.75. The highest BCUT2D eigenvalue weighted by molar-refractivity contribution is 6.33. The fourth-order valence-electron chi connectivity index (χ4n) is 2.45. The van der Waals surface area contributed by atoms with E-state index in [0.29, 0.717) is 46.0 Å². The molecule has 3 aromatic rings. The molecule has 28 heavy (non-hydrogen) atoms. The fourth-order valence-corrected chi connectivity index (χ4v) is 2.67. The number of ether oxygens (including phenoxy) is 2. The minimum absolute atomic E-state index is 0.152. The minimum atomic E-state index is -0.363. The summed E-state index contributed by atoms with van der Waals surface area (Å²) in [7, 11) is 1.53. The maximum atomic E-state index is 12.5. The topological polar surface area (TPSA) is 89.1 Å². The third kappa shape index (κ3) is 4.61. The summed E-state index contributed by atoms with van der Waals surface area (Å²) in [6.07, 6.45) is 0. The van der Waals surface area contributed by atoms with Gasteiger partial charge >= 0.3 is 0 Å². The molecule has 3 rings (SSSR count). The lowest BCUT2D eigenvalue weighted by Crippen LogP contribution is -2.13. The van der Waals surface area contributed by atoms with E-state index >= 15 is 0 Å². The van der Waals surface area contributed by atoms with Gasteiger partial charge in [0, 0.05) is 11.1 Å². The molecular formula is C20H21ClN4O3. The average Bonchev–Trinajstić information content (AvgIpc) is 3.14. The molecule has 0 bridgehead atoms. The van der Waals surface area contributed by atoms with Gasteiger partial charge in [0.05, 0.1) is 18.7 Å². The van der Waals surface area contributed by atoms with Crippen LogP contribution in [0.15, 0.2) is 42.5 Å². The molecule has 2 N–H and O–H groups in total. The van der Waals surface area contributed by atoms with Crippen LogP contribution in [0.4, 0.5) is 5.95 Å². The van der Waals surface area contributed by atoms with E-state index in [-0.39, 0.29) is 11.9 Å². The van der Waals surface area contributed by atoms with Crippen molar-refractivity contribution in [1.82, 2.24) is 15.2 Å². The van der Waals surface area contributed by atoms with Crippen LogP contribution in [0.1, 0.15) is 24.2 Å². The molecule has 0 aliphatic rings. The van der Waals surface area contributed by atoms with Crippen LogP contribution in [0.5, 0.6) is 11.5 Å².